The van der Waals surface area contributed by atoms with E-state index in [0.29, 0.717) is 6.54 Å². The molecule has 0 radical (unpaired) electrons. The topological polar surface area (TPSA) is 40.6 Å². The van der Waals surface area contributed by atoms with Crippen LogP contribution in [0.15, 0.2) is 0 Å². The van der Waals surface area contributed by atoms with Gasteiger partial charge in [-0.25, -0.2) is 0 Å². The second kappa shape index (κ2) is 6.32. The quantitative estimate of drug-likeness (QED) is 0.547. The van der Waals surface area contributed by atoms with Crippen molar-refractivity contribution in [1.29, 1.82) is 0 Å². The first-order valence-electron chi connectivity index (χ1n) is 7.17. The lowest BCUT2D eigenvalue weighted by molar-refractivity contribution is -0.127. The predicted octanol–water partition coefficient (Wildman–Crippen LogP) is 1.30. The Morgan fingerprint density at radius 3 is 2.39 bits per heavy atom. The van der Waals surface area contributed by atoms with E-state index in [9.17, 15) is 9.59 Å². The van der Waals surface area contributed by atoms with E-state index in [4.69, 9.17) is 0 Å². The number of Topliss-reactive ketones (excluding diaryl/α,β-unsaturated/α-hetero) is 1. The van der Waals surface area contributed by atoms with Crippen LogP contribution in [0.4, 0.5) is 0 Å². The van der Waals surface area contributed by atoms with Gasteiger partial charge in [-0.15, -0.1) is 0 Å². The molecule has 0 aromatic carbocycles. The third kappa shape index (κ3) is 3.80. The van der Waals surface area contributed by atoms with E-state index >= 15 is 0 Å². The number of unbranched alkanes of at least 4 members (excludes halogenated alkanes) is 1. The third-order valence-electron chi connectivity index (χ3n) is 4.10. The number of ketones is 1. The Morgan fingerprint density at radius 2 is 1.78 bits per heavy atom. The van der Waals surface area contributed by atoms with Gasteiger partial charge in [0.2, 0.25) is 5.91 Å². The van der Waals surface area contributed by atoms with Gasteiger partial charge in [0.1, 0.15) is 0 Å². The predicted molar refractivity (Wildman–Crippen MR) is 70.3 cm³/mol. The number of carbonyl (C=O) groups is 2. The zero-order valence-electron chi connectivity index (χ0n) is 11.4. The van der Waals surface area contributed by atoms with Crippen LogP contribution in [0.25, 0.3) is 0 Å². The molecule has 4 heteroatoms. The highest BCUT2D eigenvalue weighted by molar-refractivity contribution is 6.05. The molecule has 0 N–H and O–H groups in total. The Morgan fingerprint density at radius 1 is 1.11 bits per heavy atom. The number of hydrogen-bond donors (Lipinski definition) is 0. The molecule has 1 amide bonds. The molecule has 0 atom stereocenters. The number of amides is 1. The van der Waals surface area contributed by atoms with Crippen LogP contribution in [-0.4, -0.2) is 54.2 Å². The van der Waals surface area contributed by atoms with Gasteiger partial charge in [0.05, 0.1) is 13.0 Å². The maximum absolute atomic E-state index is 11.4. The summed E-state index contributed by atoms with van der Waals surface area (Å²) in [7, 11) is 0. The first kappa shape index (κ1) is 13.5. The minimum atomic E-state index is 0.0202. The summed E-state index contributed by atoms with van der Waals surface area (Å²) in [5.41, 5.74) is 0. The summed E-state index contributed by atoms with van der Waals surface area (Å²) in [5.74, 6) is 0.978. The number of rotatable bonds is 5. The van der Waals surface area contributed by atoms with Gasteiger partial charge in [0.15, 0.2) is 5.78 Å². The van der Waals surface area contributed by atoms with Gasteiger partial charge in [-0.2, -0.15) is 0 Å². The molecule has 0 spiro atoms. The summed E-state index contributed by atoms with van der Waals surface area (Å²) >= 11 is 0. The van der Waals surface area contributed by atoms with Crippen molar-refractivity contribution >= 4 is 11.7 Å². The molecule has 2 fully saturated rings. The lowest BCUT2D eigenvalue weighted by Gasteiger charge is -2.30. The van der Waals surface area contributed by atoms with E-state index in [-0.39, 0.29) is 18.1 Å². The molecule has 2 aliphatic rings. The van der Waals surface area contributed by atoms with E-state index in [1.165, 1.54) is 25.9 Å². The van der Waals surface area contributed by atoms with Crippen LogP contribution in [0.5, 0.6) is 0 Å². The van der Waals surface area contributed by atoms with Gasteiger partial charge in [-0.3, -0.25) is 9.59 Å². The van der Waals surface area contributed by atoms with Gasteiger partial charge in [-0.1, -0.05) is 6.92 Å². The van der Waals surface area contributed by atoms with Gasteiger partial charge in [0.25, 0.3) is 0 Å². The Kier molecular flexibility index (Phi) is 4.75. The van der Waals surface area contributed by atoms with Gasteiger partial charge >= 0.3 is 0 Å². The number of nitrogens with zero attached hydrogens (tertiary/aromatic N) is 2. The molecular formula is C14H24N2O2. The van der Waals surface area contributed by atoms with Crippen molar-refractivity contribution in [2.45, 2.75) is 39.0 Å². The largest absolute Gasteiger partial charge is 0.335 e. The van der Waals surface area contributed by atoms with Crippen LogP contribution in [0.1, 0.15) is 39.0 Å². The van der Waals surface area contributed by atoms with Crippen molar-refractivity contribution < 1.29 is 9.59 Å². The van der Waals surface area contributed by atoms with Gasteiger partial charge in [-0.05, 0) is 51.2 Å². The van der Waals surface area contributed by atoms with Crippen molar-refractivity contribution in [3.8, 4) is 0 Å². The van der Waals surface area contributed by atoms with Gasteiger partial charge in [0, 0.05) is 6.54 Å². The van der Waals surface area contributed by atoms with Crippen molar-refractivity contribution in [2.75, 3.05) is 32.7 Å². The summed E-state index contributed by atoms with van der Waals surface area (Å²) in [6, 6.07) is 0. The van der Waals surface area contributed by atoms with Crippen LogP contribution >= 0.6 is 0 Å². The van der Waals surface area contributed by atoms with Crippen LogP contribution in [0.3, 0.4) is 0 Å². The van der Waals surface area contributed by atoms with Crippen molar-refractivity contribution in [2.24, 2.45) is 5.92 Å². The monoisotopic (exact) mass is 252 g/mol. The molecule has 0 saturated carbocycles. The number of hydrogen-bond acceptors (Lipinski definition) is 3. The summed E-state index contributed by atoms with van der Waals surface area (Å²) < 4.78 is 0. The smallest absolute Gasteiger partial charge is 0.230 e. The third-order valence-corrected chi connectivity index (χ3v) is 4.10. The summed E-state index contributed by atoms with van der Waals surface area (Å²) in [6.07, 6.45) is 4.92. The van der Waals surface area contributed by atoms with Crippen molar-refractivity contribution in [3.63, 3.8) is 0 Å². The molecule has 0 aliphatic carbocycles. The summed E-state index contributed by atoms with van der Waals surface area (Å²) in [4.78, 5) is 26.7. The number of carbonyl (C=O) groups excluding carboxylic acids is 2. The number of piperidine rings is 1. The Balaban J connectivity index is 1.56. The van der Waals surface area contributed by atoms with Crippen molar-refractivity contribution in [3.05, 3.63) is 0 Å². The summed E-state index contributed by atoms with van der Waals surface area (Å²) in [5, 5.41) is 0. The van der Waals surface area contributed by atoms with Gasteiger partial charge < -0.3 is 9.80 Å². The van der Waals surface area contributed by atoms with Crippen LogP contribution in [0.2, 0.25) is 0 Å². The van der Waals surface area contributed by atoms with E-state index in [1.54, 1.807) is 4.90 Å². The molecule has 2 saturated heterocycles. The highest BCUT2D eigenvalue weighted by Crippen LogP contribution is 2.16. The van der Waals surface area contributed by atoms with Crippen LogP contribution in [-0.2, 0) is 9.59 Å². The molecule has 4 nitrogen and oxygen atoms in total. The minimum Gasteiger partial charge on any atom is -0.335 e. The fourth-order valence-corrected chi connectivity index (χ4v) is 2.76. The second-order valence-electron chi connectivity index (χ2n) is 5.76. The maximum atomic E-state index is 11.4. The first-order valence-corrected chi connectivity index (χ1v) is 7.17. The fraction of sp³-hybridized carbons (Fsp3) is 0.857. The molecule has 2 heterocycles. The average molecular weight is 252 g/mol. The van der Waals surface area contributed by atoms with E-state index < -0.39 is 0 Å². The van der Waals surface area contributed by atoms with Crippen LogP contribution in [0, 0.1) is 5.92 Å². The molecule has 2 rings (SSSR count). The molecular weight excluding hydrogens is 228 g/mol. The molecule has 0 bridgehead atoms. The number of likely N-dealkylation sites (tertiary alicyclic amines) is 2. The zero-order valence-corrected chi connectivity index (χ0v) is 11.4. The average Bonchev–Trinajstić information content (AvgIpc) is 2.66. The standard InChI is InChI=1S/C14H24N2O2/c1-12-4-8-15(9-5-12)6-2-3-7-16-11-13(17)10-14(16)18/h12H,2-11H2,1H3. The normalized spacial score (nSPS) is 23.1. The molecule has 0 aromatic rings. The fourth-order valence-electron chi connectivity index (χ4n) is 2.76. The Hall–Kier alpha value is -0.900. The molecule has 2 aliphatic heterocycles. The van der Waals surface area contributed by atoms with Crippen molar-refractivity contribution in [1.82, 2.24) is 9.80 Å². The minimum absolute atomic E-state index is 0.0202. The Bertz CT molecular complexity index is 309. The molecule has 18 heavy (non-hydrogen) atoms. The van der Waals surface area contributed by atoms with E-state index in [2.05, 4.69) is 11.8 Å². The lowest BCUT2D eigenvalue weighted by Crippen LogP contribution is -2.34. The van der Waals surface area contributed by atoms with E-state index in [1.807, 2.05) is 0 Å². The highest BCUT2D eigenvalue weighted by Gasteiger charge is 2.26. The Labute approximate surface area is 109 Å². The molecule has 0 unspecified atom stereocenters. The molecule has 102 valence electrons. The maximum Gasteiger partial charge on any atom is 0.230 e. The summed E-state index contributed by atoms with van der Waals surface area (Å²) in [6.45, 7) is 7.02. The van der Waals surface area contributed by atoms with E-state index in [0.717, 1.165) is 31.8 Å². The highest BCUT2D eigenvalue weighted by atomic mass is 16.2. The molecule has 0 aromatic heterocycles. The first-order chi connectivity index (χ1) is 8.65. The lowest BCUT2D eigenvalue weighted by atomic mass is 9.99. The second-order valence-corrected chi connectivity index (χ2v) is 5.76. The van der Waals surface area contributed by atoms with Crippen LogP contribution < -0.4 is 0 Å². The SMILES string of the molecule is CC1CCN(CCCCN2CC(=O)CC2=O)CC1. The zero-order chi connectivity index (χ0) is 13.0.